The van der Waals surface area contributed by atoms with E-state index in [1.54, 1.807) is 18.2 Å². The summed E-state index contributed by atoms with van der Waals surface area (Å²) in [5.41, 5.74) is 3.97. The van der Waals surface area contributed by atoms with E-state index in [9.17, 15) is 4.79 Å². The van der Waals surface area contributed by atoms with Gasteiger partial charge in [0.15, 0.2) is 0 Å². The fourth-order valence-electron chi connectivity index (χ4n) is 2.43. The number of fused-ring (bicyclic) bond motifs is 1. The van der Waals surface area contributed by atoms with Crippen LogP contribution >= 0.6 is 15.9 Å². The van der Waals surface area contributed by atoms with Gasteiger partial charge in [0.2, 0.25) is 0 Å². The first-order valence-corrected chi connectivity index (χ1v) is 7.25. The zero-order valence-electron chi connectivity index (χ0n) is 11.6. The third kappa shape index (κ3) is 2.34. The number of aromatic nitrogens is 2. The number of carboxylic acid groups (broad SMARTS) is 1. The zero-order chi connectivity index (χ0) is 15.1. The summed E-state index contributed by atoms with van der Waals surface area (Å²) in [6.45, 7) is 3.94. The van der Waals surface area contributed by atoms with Gasteiger partial charge in [0, 0.05) is 4.47 Å². The van der Waals surface area contributed by atoms with E-state index in [1.165, 1.54) is 5.56 Å². The molecule has 1 aromatic heterocycles. The maximum Gasteiger partial charge on any atom is 0.335 e. The summed E-state index contributed by atoms with van der Waals surface area (Å²) < 4.78 is 3.00. The van der Waals surface area contributed by atoms with Gasteiger partial charge in [0.05, 0.1) is 22.3 Å². The number of carboxylic acids is 1. The quantitative estimate of drug-likeness (QED) is 0.761. The average Bonchev–Trinajstić information content (AvgIpc) is 2.74. The van der Waals surface area contributed by atoms with Crippen LogP contribution < -0.4 is 0 Å². The van der Waals surface area contributed by atoms with Crippen molar-refractivity contribution in [3.63, 3.8) is 0 Å². The molecule has 21 heavy (non-hydrogen) atoms. The summed E-state index contributed by atoms with van der Waals surface area (Å²) in [5.74, 6) is -0.127. The highest BCUT2D eigenvalue weighted by molar-refractivity contribution is 9.10. The van der Waals surface area contributed by atoms with E-state index < -0.39 is 5.97 Å². The SMILES string of the molecule is Cc1ccc(-n2c(C)nc3cc(C(=O)O)ccc32)c(Br)c1. The molecular weight excluding hydrogens is 332 g/mol. The number of benzene rings is 2. The summed E-state index contributed by atoms with van der Waals surface area (Å²) in [7, 11) is 0. The molecule has 1 N–H and O–H groups in total. The third-order valence-electron chi connectivity index (χ3n) is 3.41. The van der Waals surface area contributed by atoms with Gasteiger partial charge < -0.3 is 5.11 Å². The Bertz CT molecular complexity index is 868. The van der Waals surface area contributed by atoms with E-state index in [-0.39, 0.29) is 5.56 Å². The summed E-state index contributed by atoms with van der Waals surface area (Å²) in [6.07, 6.45) is 0. The van der Waals surface area contributed by atoms with Crippen molar-refractivity contribution in [2.45, 2.75) is 13.8 Å². The number of rotatable bonds is 2. The molecule has 0 radical (unpaired) electrons. The number of aromatic carboxylic acids is 1. The molecule has 2 aromatic carbocycles. The Hall–Kier alpha value is -2.14. The van der Waals surface area contributed by atoms with Crippen LogP contribution in [0, 0.1) is 13.8 Å². The van der Waals surface area contributed by atoms with Crippen LogP contribution in [0.25, 0.3) is 16.7 Å². The van der Waals surface area contributed by atoms with Crippen molar-refractivity contribution in [3.05, 3.63) is 57.8 Å². The van der Waals surface area contributed by atoms with E-state index in [4.69, 9.17) is 5.11 Å². The number of nitrogens with zero attached hydrogens (tertiary/aromatic N) is 2. The van der Waals surface area contributed by atoms with Crippen molar-refractivity contribution in [2.24, 2.45) is 0 Å². The molecule has 4 nitrogen and oxygen atoms in total. The van der Waals surface area contributed by atoms with E-state index in [2.05, 4.69) is 20.9 Å². The average molecular weight is 345 g/mol. The summed E-state index contributed by atoms with van der Waals surface area (Å²) in [5, 5.41) is 9.07. The first-order valence-electron chi connectivity index (χ1n) is 6.46. The van der Waals surface area contributed by atoms with Gasteiger partial charge in [-0.15, -0.1) is 0 Å². The molecule has 0 saturated carbocycles. The molecule has 0 aliphatic carbocycles. The van der Waals surface area contributed by atoms with Crippen LogP contribution in [-0.2, 0) is 0 Å². The number of hydrogen-bond donors (Lipinski definition) is 1. The van der Waals surface area contributed by atoms with E-state index >= 15 is 0 Å². The lowest BCUT2D eigenvalue weighted by atomic mass is 10.2. The Morgan fingerprint density at radius 2 is 1.95 bits per heavy atom. The largest absolute Gasteiger partial charge is 0.478 e. The number of aryl methyl sites for hydroxylation is 2. The van der Waals surface area contributed by atoms with Crippen LogP contribution in [0.4, 0.5) is 0 Å². The van der Waals surface area contributed by atoms with Gasteiger partial charge in [-0.05, 0) is 65.7 Å². The molecule has 106 valence electrons. The maximum atomic E-state index is 11.1. The number of halogens is 1. The molecule has 3 aromatic rings. The number of carbonyl (C=O) groups is 1. The Morgan fingerprint density at radius 3 is 2.62 bits per heavy atom. The van der Waals surface area contributed by atoms with Crippen LogP contribution in [0.3, 0.4) is 0 Å². The van der Waals surface area contributed by atoms with Crippen molar-refractivity contribution < 1.29 is 9.90 Å². The van der Waals surface area contributed by atoms with Crippen LogP contribution in [0.15, 0.2) is 40.9 Å². The van der Waals surface area contributed by atoms with Gasteiger partial charge in [0.1, 0.15) is 5.82 Å². The summed E-state index contributed by atoms with van der Waals surface area (Å²) >= 11 is 3.58. The summed E-state index contributed by atoms with van der Waals surface area (Å²) in [6, 6.07) is 11.1. The Kier molecular flexibility index (Phi) is 3.29. The molecule has 1 heterocycles. The van der Waals surface area contributed by atoms with Crippen LogP contribution in [0.1, 0.15) is 21.7 Å². The molecule has 0 bridgehead atoms. The predicted octanol–water partition coefficient (Wildman–Crippen LogP) is 4.10. The number of imidazole rings is 1. The molecule has 0 unspecified atom stereocenters. The van der Waals surface area contributed by atoms with E-state index in [1.807, 2.05) is 36.6 Å². The smallest absolute Gasteiger partial charge is 0.335 e. The molecule has 0 spiro atoms. The molecule has 3 rings (SSSR count). The van der Waals surface area contributed by atoms with Crippen molar-refractivity contribution in [1.29, 1.82) is 0 Å². The first-order chi connectivity index (χ1) is 9.97. The highest BCUT2D eigenvalue weighted by atomic mass is 79.9. The lowest BCUT2D eigenvalue weighted by Crippen LogP contribution is -1.99. The topological polar surface area (TPSA) is 55.1 Å². The Balaban J connectivity index is 2.27. The monoisotopic (exact) mass is 344 g/mol. The maximum absolute atomic E-state index is 11.1. The predicted molar refractivity (Wildman–Crippen MR) is 85.2 cm³/mol. The normalized spacial score (nSPS) is 11.0. The van der Waals surface area contributed by atoms with Crippen LogP contribution in [-0.4, -0.2) is 20.6 Å². The lowest BCUT2D eigenvalue weighted by Gasteiger charge is -2.10. The lowest BCUT2D eigenvalue weighted by molar-refractivity contribution is 0.0697. The molecule has 0 saturated heterocycles. The van der Waals surface area contributed by atoms with Gasteiger partial charge in [-0.25, -0.2) is 9.78 Å². The fraction of sp³-hybridized carbons (Fsp3) is 0.125. The molecule has 0 atom stereocenters. The second kappa shape index (κ2) is 5.00. The van der Waals surface area contributed by atoms with E-state index in [0.29, 0.717) is 5.52 Å². The fourth-order valence-corrected chi connectivity index (χ4v) is 3.10. The highest BCUT2D eigenvalue weighted by Gasteiger charge is 2.13. The number of hydrogen-bond acceptors (Lipinski definition) is 2. The van der Waals surface area contributed by atoms with Crippen molar-refractivity contribution in [2.75, 3.05) is 0 Å². The second-order valence-corrected chi connectivity index (χ2v) is 5.81. The highest BCUT2D eigenvalue weighted by Crippen LogP contribution is 2.28. The van der Waals surface area contributed by atoms with Gasteiger partial charge >= 0.3 is 5.97 Å². The molecule has 0 amide bonds. The molecule has 0 fully saturated rings. The van der Waals surface area contributed by atoms with Gasteiger partial charge in [-0.3, -0.25) is 4.57 Å². The minimum atomic E-state index is -0.944. The van der Waals surface area contributed by atoms with Crippen molar-refractivity contribution in [1.82, 2.24) is 9.55 Å². The minimum Gasteiger partial charge on any atom is -0.478 e. The summed E-state index contributed by atoms with van der Waals surface area (Å²) in [4.78, 5) is 15.5. The zero-order valence-corrected chi connectivity index (χ0v) is 13.2. The van der Waals surface area contributed by atoms with Crippen molar-refractivity contribution >= 4 is 32.9 Å². The Morgan fingerprint density at radius 1 is 1.19 bits per heavy atom. The standard InChI is InChI=1S/C16H13BrN2O2/c1-9-3-5-14(12(17)7-9)19-10(2)18-13-8-11(16(20)21)4-6-15(13)19/h3-8H,1-2H3,(H,20,21). The third-order valence-corrected chi connectivity index (χ3v) is 4.05. The molecular formula is C16H13BrN2O2. The first kappa shape index (κ1) is 13.8. The van der Waals surface area contributed by atoms with Gasteiger partial charge in [-0.1, -0.05) is 6.07 Å². The van der Waals surface area contributed by atoms with E-state index in [0.717, 1.165) is 21.5 Å². The molecule has 5 heteroatoms. The molecule has 0 aliphatic heterocycles. The van der Waals surface area contributed by atoms with Crippen molar-refractivity contribution in [3.8, 4) is 5.69 Å². The van der Waals surface area contributed by atoms with Crippen LogP contribution in [0.2, 0.25) is 0 Å². The van der Waals surface area contributed by atoms with Gasteiger partial charge in [-0.2, -0.15) is 0 Å². The van der Waals surface area contributed by atoms with Crippen LogP contribution in [0.5, 0.6) is 0 Å². The minimum absolute atomic E-state index is 0.245. The Labute approximate surface area is 130 Å². The van der Waals surface area contributed by atoms with Gasteiger partial charge in [0.25, 0.3) is 0 Å². The molecule has 0 aliphatic rings. The second-order valence-electron chi connectivity index (χ2n) is 4.96.